The lowest BCUT2D eigenvalue weighted by Gasteiger charge is -2.21. The highest BCUT2D eigenvalue weighted by molar-refractivity contribution is 7.17. The smallest absolute Gasteiger partial charge is 0.168 e. The molecule has 94 valence electrons. The fourth-order valence-electron chi connectivity index (χ4n) is 2.12. The number of aryl methyl sites for hydroxylation is 1. The topological polar surface area (TPSA) is 21.1 Å². The summed E-state index contributed by atoms with van der Waals surface area (Å²) in [5.41, 5.74) is 1.25. The van der Waals surface area contributed by atoms with E-state index in [1.54, 1.807) is 11.3 Å². The standard InChI is InChI=1S/C13H21N3S/c1-4-6-9-16(8-5-2)13-12-11(7-10-17-12)15(3)14-13/h7,10H,4-6,8-9H2,1-3H3. The minimum Gasteiger partial charge on any atom is -0.354 e. The SMILES string of the molecule is CCCCN(CCC)c1nn(C)c2ccsc12. The first-order chi connectivity index (χ1) is 8.27. The van der Waals surface area contributed by atoms with Gasteiger partial charge in [0.05, 0.1) is 10.2 Å². The number of hydrogen-bond donors (Lipinski definition) is 0. The first kappa shape index (κ1) is 12.4. The molecule has 0 aliphatic carbocycles. The number of nitrogens with zero attached hydrogens (tertiary/aromatic N) is 3. The summed E-state index contributed by atoms with van der Waals surface area (Å²) in [6, 6.07) is 2.15. The van der Waals surface area contributed by atoms with Crippen LogP contribution >= 0.6 is 11.3 Å². The molecule has 0 aliphatic rings. The number of hydrogen-bond acceptors (Lipinski definition) is 3. The molecule has 2 aromatic heterocycles. The zero-order valence-corrected chi connectivity index (χ0v) is 11.8. The second-order valence-electron chi connectivity index (χ2n) is 4.42. The molecule has 0 unspecified atom stereocenters. The molecule has 2 aromatic rings. The first-order valence-electron chi connectivity index (χ1n) is 6.43. The number of unbranched alkanes of at least 4 members (excludes halogenated alkanes) is 1. The van der Waals surface area contributed by atoms with Crippen LogP contribution < -0.4 is 4.90 Å². The summed E-state index contributed by atoms with van der Waals surface area (Å²) in [5, 5.41) is 6.83. The van der Waals surface area contributed by atoms with Crippen molar-refractivity contribution in [2.75, 3.05) is 18.0 Å². The van der Waals surface area contributed by atoms with Gasteiger partial charge < -0.3 is 4.90 Å². The van der Waals surface area contributed by atoms with E-state index in [-0.39, 0.29) is 0 Å². The van der Waals surface area contributed by atoms with Crippen molar-refractivity contribution >= 4 is 27.4 Å². The Morgan fingerprint density at radius 3 is 2.82 bits per heavy atom. The van der Waals surface area contributed by atoms with Gasteiger partial charge in [-0.15, -0.1) is 11.3 Å². The maximum absolute atomic E-state index is 4.67. The molecule has 0 aliphatic heterocycles. The molecule has 0 saturated heterocycles. The molecule has 0 amide bonds. The van der Waals surface area contributed by atoms with E-state index in [0.29, 0.717) is 0 Å². The van der Waals surface area contributed by atoms with Gasteiger partial charge in [0, 0.05) is 20.1 Å². The monoisotopic (exact) mass is 251 g/mol. The molecule has 0 N–H and O–H groups in total. The summed E-state index contributed by atoms with van der Waals surface area (Å²) < 4.78 is 3.33. The van der Waals surface area contributed by atoms with Crippen LogP contribution in [0, 0.1) is 0 Å². The van der Waals surface area contributed by atoms with Gasteiger partial charge in [0.15, 0.2) is 5.82 Å². The summed E-state index contributed by atoms with van der Waals surface area (Å²) >= 11 is 1.80. The zero-order valence-electron chi connectivity index (χ0n) is 10.9. The van der Waals surface area contributed by atoms with Crippen molar-refractivity contribution < 1.29 is 0 Å². The van der Waals surface area contributed by atoms with Crippen LogP contribution in [0.1, 0.15) is 33.1 Å². The van der Waals surface area contributed by atoms with Crippen molar-refractivity contribution in [1.82, 2.24) is 9.78 Å². The van der Waals surface area contributed by atoms with Crippen LogP contribution in [-0.4, -0.2) is 22.9 Å². The minimum atomic E-state index is 1.10. The van der Waals surface area contributed by atoms with Crippen molar-refractivity contribution in [1.29, 1.82) is 0 Å². The van der Waals surface area contributed by atoms with Gasteiger partial charge in [0.25, 0.3) is 0 Å². The normalized spacial score (nSPS) is 11.2. The maximum atomic E-state index is 4.67. The summed E-state index contributed by atoms with van der Waals surface area (Å²) in [5.74, 6) is 1.17. The molecular weight excluding hydrogens is 230 g/mol. The summed E-state index contributed by atoms with van der Waals surface area (Å²) in [7, 11) is 2.03. The van der Waals surface area contributed by atoms with Crippen molar-refractivity contribution in [3.8, 4) is 0 Å². The lowest BCUT2D eigenvalue weighted by atomic mass is 10.3. The lowest BCUT2D eigenvalue weighted by molar-refractivity contribution is 0.684. The third-order valence-corrected chi connectivity index (χ3v) is 3.92. The Labute approximate surface area is 107 Å². The predicted molar refractivity (Wildman–Crippen MR) is 76.0 cm³/mol. The Morgan fingerprint density at radius 2 is 2.12 bits per heavy atom. The van der Waals surface area contributed by atoms with Crippen LogP contribution in [0.15, 0.2) is 11.4 Å². The number of thiophene rings is 1. The van der Waals surface area contributed by atoms with Gasteiger partial charge >= 0.3 is 0 Å². The van der Waals surface area contributed by atoms with Crippen LogP contribution in [0.3, 0.4) is 0 Å². The van der Waals surface area contributed by atoms with Crippen LogP contribution in [0.5, 0.6) is 0 Å². The molecular formula is C13H21N3S. The van der Waals surface area contributed by atoms with Crippen molar-refractivity contribution in [3.05, 3.63) is 11.4 Å². The van der Waals surface area contributed by atoms with Gasteiger partial charge in [-0.1, -0.05) is 20.3 Å². The van der Waals surface area contributed by atoms with Gasteiger partial charge in [0.1, 0.15) is 0 Å². The van der Waals surface area contributed by atoms with Crippen LogP contribution in [0.25, 0.3) is 10.2 Å². The van der Waals surface area contributed by atoms with Crippen molar-refractivity contribution in [2.24, 2.45) is 7.05 Å². The fraction of sp³-hybridized carbons (Fsp3) is 0.615. The Kier molecular flexibility index (Phi) is 4.05. The lowest BCUT2D eigenvalue weighted by Crippen LogP contribution is -2.25. The second kappa shape index (κ2) is 5.54. The average Bonchev–Trinajstić information content (AvgIpc) is 2.89. The van der Waals surface area contributed by atoms with E-state index in [9.17, 15) is 0 Å². The van der Waals surface area contributed by atoms with Crippen molar-refractivity contribution in [2.45, 2.75) is 33.1 Å². The summed E-state index contributed by atoms with van der Waals surface area (Å²) in [6.07, 6.45) is 3.65. The number of rotatable bonds is 6. The highest BCUT2D eigenvalue weighted by Gasteiger charge is 2.15. The predicted octanol–water partition coefficient (Wildman–Crippen LogP) is 3.65. The minimum absolute atomic E-state index is 1.10. The molecule has 3 nitrogen and oxygen atoms in total. The Morgan fingerprint density at radius 1 is 1.29 bits per heavy atom. The number of aromatic nitrogens is 2. The fourth-order valence-corrected chi connectivity index (χ4v) is 3.04. The highest BCUT2D eigenvalue weighted by Crippen LogP contribution is 2.30. The van der Waals surface area contributed by atoms with E-state index in [1.807, 2.05) is 11.7 Å². The quantitative estimate of drug-likeness (QED) is 0.781. The summed E-state index contributed by atoms with van der Waals surface area (Å²) in [4.78, 5) is 2.43. The molecule has 0 spiro atoms. The number of anilines is 1. The van der Waals surface area contributed by atoms with E-state index in [1.165, 1.54) is 35.3 Å². The average molecular weight is 251 g/mol. The van der Waals surface area contributed by atoms with E-state index in [4.69, 9.17) is 0 Å². The third kappa shape index (κ3) is 2.46. The van der Waals surface area contributed by atoms with Crippen LogP contribution in [0.4, 0.5) is 5.82 Å². The molecule has 0 saturated carbocycles. The molecule has 0 bridgehead atoms. The first-order valence-corrected chi connectivity index (χ1v) is 7.31. The van der Waals surface area contributed by atoms with Crippen molar-refractivity contribution in [3.63, 3.8) is 0 Å². The third-order valence-electron chi connectivity index (χ3n) is 3.02. The van der Waals surface area contributed by atoms with Crippen LogP contribution in [0.2, 0.25) is 0 Å². The maximum Gasteiger partial charge on any atom is 0.168 e. The molecule has 4 heteroatoms. The molecule has 0 radical (unpaired) electrons. The van der Waals surface area contributed by atoms with Gasteiger partial charge in [-0.05, 0) is 24.3 Å². The van der Waals surface area contributed by atoms with E-state index in [0.717, 1.165) is 13.1 Å². The zero-order chi connectivity index (χ0) is 12.3. The molecule has 17 heavy (non-hydrogen) atoms. The van der Waals surface area contributed by atoms with Crippen LogP contribution in [-0.2, 0) is 7.05 Å². The molecule has 0 aromatic carbocycles. The van der Waals surface area contributed by atoms with Gasteiger partial charge in [-0.3, -0.25) is 4.68 Å². The second-order valence-corrected chi connectivity index (χ2v) is 5.34. The summed E-state index contributed by atoms with van der Waals surface area (Å²) in [6.45, 7) is 6.69. The van der Waals surface area contributed by atoms with E-state index in [2.05, 4.69) is 35.3 Å². The number of fused-ring (bicyclic) bond motifs is 1. The largest absolute Gasteiger partial charge is 0.354 e. The molecule has 2 heterocycles. The molecule has 0 atom stereocenters. The Balaban J connectivity index is 2.30. The van der Waals surface area contributed by atoms with Gasteiger partial charge in [0.2, 0.25) is 0 Å². The van der Waals surface area contributed by atoms with Gasteiger partial charge in [-0.25, -0.2) is 0 Å². The Hall–Kier alpha value is -1.03. The van der Waals surface area contributed by atoms with E-state index >= 15 is 0 Å². The van der Waals surface area contributed by atoms with E-state index < -0.39 is 0 Å². The van der Waals surface area contributed by atoms with Gasteiger partial charge in [-0.2, -0.15) is 5.10 Å². The highest BCUT2D eigenvalue weighted by atomic mass is 32.1. The molecule has 2 rings (SSSR count). The molecule has 0 fully saturated rings. The Bertz CT molecular complexity index is 472.